The molecule has 4 rings (SSSR count). The minimum absolute atomic E-state index is 0.0905. The van der Waals surface area contributed by atoms with Gasteiger partial charge in [-0.05, 0) is 36.8 Å². The first-order chi connectivity index (χ1) is 17.6. The summed E-state index contributed by atoms with van der Waals surface area (Å²) in [5.41, 5.74) is 6.10. The highest BCUT2D eigenvalue weighted by Gasteiger charge is 2.29. The van der Waals surface area contributed by atoms with Crippen molar-refractivity contribution in [3.8, 4) is 5.75 Å². The van der Waals surface area contributed by atoms with Crippen molar-refractivity contribution in [1.29, 1.82) is 0 Å². The SMILES string of the molecule is CN(O)NC(=O)c1ccccc1.COc1cc(C)c2[nH]ccc2c1CN1CCN(CCC(F)(F)F)CC1. The maximum absolute atomic E-state index is 12.4. The van der Waals surface area contributed by atoms with Gasteiger partial charge in [-0.15, -0.1) is 5.17 Å². The number of halogens is 3. The van der Waals surface area contributed by atoms with E-state index in [9.17, 15) is 18.0 Å². The second-order valence-corrected chi connectivity index (χ2v) is 8.95. The van der Waals surface area contributed by atoms with Gasteiger partial charge in [0.2, 0.25) is 0 Å². The summed E-state index contributed by atoms with van der Waals surface area (Å²) in [5, 5.41) is 10.5. The predicted octanol–water partition coefficient (Wildman–Crippen LogP) is 4.21. The Morgan fingerprint density at radius 1 is 1.14 bits per heavy atom. The molecule has 1 aliphatic rings. The number of hydrogen-bond donors (Lipinski definition) is 3. The van der Waals surface area contributed by atoms with Crippen LogP contribution in [-0.2, 0) is 6.54 Å². The molecule has 202 valence electrons. The molecule has 1 amide bonds. The average molecular weight is 522 g/mol. The van der Waals surface area contributed by atoms with Crippen molar-refractivity contribution >= 4 is 16.8 Å². The van der Waals surface area contributed by atoms with E-state index in [2.05, 4.69) is 21.4 Å². The standard InChI is InChI=1S/C18H24F3N3O.C8H10N2O2/c1-13-11-16(25-2)15(14-3-5-22-17(13)14)12-24-9-7-23(8-10-24)6-4-18(19,20)21;1-10(12)9-8(11)7-5-3-2-4-6-7/h3,5,11,22H,4,6-10,12H2,1-2H3;2-6,12H,1H3,(H,9,11). The first-order valence-corrected chi connectivity index (χ1v) is 12.0. The Balaban J connectivity index is 0.000000266. The Kier molecular flexibility index (Phi) is 9.93. The number of amides is 1. The third-order valence-corrected chi connectivity index (χ3v) is 6.19. The molecule has 0 spiro atoms. The van der Waals surface area contributed by atoms with E-state index in [1.165, 1.54) is 7.05 Å². The van der Waals surface area contributed by atoms with E-state index in [1.54, 1.807) is 31.4 Å². The zero-order valence-corrected chi connectivity index (χ0v) is 21.3. The number of nitrogens with zero attached hydrogens (tertiary/aromatic N) is 3. The fraction of sp³-hybridized carbons (Fsp3) is 0.423. The van der Waals surface area contributed by atoms with Crippen molar-refractivity contribution in [2.24, 2.45) is 0 Å². The lowest BCUT2D eigenvalue weighted by Crippen LogP contribution is -2.46. The molecule has 0 radical (unpaired) electrons. The van der Waals surface area contributed by atoms with Crippen LogP contribution in [0.5, 0.6) is 5.75 Å². The van der Waals surface area contributed by atoms with Crippen LogP contribution in [0, 0.1) is 6.92 Å². The molecule has 1 fully saturated rings. The van der Waals surface area contributed by atoms with Gasteiger partial charge in [-0.1, -0.05) is 18.2 Å². The Hall–Kier alpha value is -3.12. The summed E-state index contributed by atoms with van der Waals surface area (Å²) >= 11 is 0. The molecule has 1 saturated heterocycles. The Morgan fingerprint density at radius 3 is 2.38 bits per heavy atom. The molecule has 3 N–H and O–H groups in total. The highest BCUT2D eigenvalue weighted by molar-refractivity contribution is 5.93. The number of aromatic amines is 1. The average Bonchev–Trinajstić information content (AvgIpc) is 3.36. The fourth-order valence-corrected chi connectivity index (χ4v) is 4.26. The number of piperazine rings is 1. The van der Waals surface area contributed by atoms with E-state index in [-0.39, 0.29) is 12.5 Å². The van der Waals surface area contributed by atoms with Crippen molar-refractivity contribution in [1.82, 2.24) is 25.4 Å². The van der Waals surface area contributed by atoms with Crippen LogP contribution >= 0.6 is 0 Å². The molecule has 2 heterocycles. The van der Waals surface area contributed by atoms with Crippen LogP contribution in [0.1, 0.15) is 27.9 Å². The number of hydrazine groups is 1. The normalized spacial score (nSPS) is 14.9. The van der Waals surface area contributed by atoms with E-state index in [0.717, 1.165) is 47.4 Å². The summed E-state index contributed by atoms with van der Waals surface area (Å²) in [6.45, 7) is 5.74. The number of nitrogens with one attached hydrogen (secondary N) is 2. The van der Waals surface area contributed by atoms with Crippen LogP contribution in [-0.4, -0.2) is 84.1 Å². The molecule has 1 aliphatic heterocycles. The molecule has 8 nitrogen and oxygen atoms in total. The van der Waals surface area contributed by atoms with Crippen LogP contribution in [0.4, 0.5) is 13.2 Å². The van der Waals surface area contributed by atoms with Gasteiger partial charge >= 0.3 is 6.18 Å². The minimum atomic E-state index is -4.08. The third-order valence-electron chi connectivity index (χ3n) is 6.19. The number of methoxy groups -OCH3 is 1. The second kappa shape index (κ2) is 12.9. The lowest BCUT2D eigenvalue weighted by atomic mass is 10.0. The van der Waals surface area contributed by atoms with Crippen LogP contribution in [0.2, 0.25) is 0 Å². The van der Waals surface area contributed by atoms with Gasteiger partial charge in [0, 0.05) is 74.5 Å². The number of ether oxygens (including phenoxy) is 1. The van der Waals surface area contributed by atoms with Crippen LogP contribution in [0.3, 0.4) is 0 Å². The van der Waals surface area contributed by atoms with Crippen molar-refractivity contribution in [3.63, 3.8) is 0 Å². The number of hydroxylamine groups is 1. The molecule has 0 bridgehead atoms. The number of aryl methyl sites for hydroxylation is 1. The number of rotatable bonds is 7. The maximum atomic E-state index is 12.4. The molecule has 0 saturated carbocycles. The van der Waals surface area contributed by atoms with E-state index < -0.39 is 12.6 Å². The lowest BCUT2D eigenvalue weighted by Gasteiger charge is -2.35. The molecule has 0 unspecified atom stereocenters. The summed E-state index contributed by atoms with van der Waals surface area (Å²) in [5.74, 6) is 0.532. The van der Waals surface area contributed by atoms with Gasteiger partial charge in [0.1, 0.15) is 5.75 Å². The number of fused-ring (bicyclic) bond motifs is 1. The number of aromatic nitrogens is 1. The quantitative estimate of drug-likeness (QED) is 0.404. The van der Waals surface area contributed by atoms with Crippen molar-refractivity contribution < 1.29 is 27.9 Å². The van der Waals surface area contributed by atoms with Crippen LogP contribution < -0.4 is 10.2 Å². The van der Waals surface area contributed by atoms with Crippen molar-refractivity contribution in [3.05, 3.63) is 65.4 Å². The van der Waals surface area contributed by atoms with Gasteiger partial charge in [0.15, 0.2) is 0 Å². The Labute approximate surface area is 214 Å². The van der Waals surface area contributed by atoms with E-state index in [4.69, 9.17) is 9.94 Å². The monoisotopic (exact) mass is 521 g/mol. The largest absolute Gasteiger partial charge is 0.496 e. The Bertz CT molecular complexity index is 1140. The molecule has 37 heavy (non-hydrogen) atoms. The van der Waals surface area contributed by atoms with Gasteiger partial charge in [0.25, 0.3) is 5.91 Å². The molecular formula is C26H34F3N5O3. The highest BCUT2D eigenvalue weighted by atomic mass is 19.4. The first kappa shape index (κ1) is 28.5. The van der Waals surface area contributed by atoms with Crippen LogP contribution in [0.15, 0.2) is 48.7 Å². The zero-order chi connectivity index (χ0) is 27.0. The number of benzene rings is 2. The van der Waals surface area contributed by atoms with Gasteiger partial charge in [-0.3, -0.25) is 20.3 Å². The summed E-state index contributed by atoms with van der Waals surface area (Å²) in [6.07, 6.45) is -2.88. The highest BCUT2D eigenvalue weighted by Crippen LogP contribution is 2.31. The molecule has 0 aliphatic carbocycles. The number of hydrogen-bond acceptors (Lipinski definition) is 6. The van der Waals surface area contributed by atoms with Gasteiger partial charge < -0.3 is 14.6 Å². The summed E-state index contributed by atoms with van der Waals surface area (Å²) in [6, 6.07) is 12.8. The molecular weight excluding hydrogens is 487 g/mol. The zero-order valence-electron chi connectivity index (χ0n) is 21.3. The second-order valence-electron chi connectivity index (χ2n) is 8.95. The fourth-order valence-electron chi connectivity index (χ4n) is 4.26. The van der Waals surface area contributed by atoms with Crippen LogP contribution in [0.25, 0.3) is 10.9 Å². The Morgan fingerprint density at radius 2 is 1.78 bits per heavy atom. The molecule has 0 atom stereocenters. The lowest BCUT2D eigenvalue weighted by molar-refractivity contribution is -0.138. The molecule has 11 heteroatoms. The summed E-state index contributed by atoms with van der Waals surface area (Å²) < 4.78 is 42.6. The van der Waals surface area contributed by atoms with E-state index >= 15 is 0 Å². The van der Waals surface area contributed by atoms with Crippen molar-refractivity contribution in [2.75, 3.05) is 46.9 Å². The summed E-state index contributed by atoms with van der Waals surface area (Å²) in [4.78, 5) is 18.6. The number of H-pyrrole nitrogens is 1. The summed E-state index contributed by atoms with van der Waals surface area (Å²) in [7, 11) is 3.01. The van der Waals surface area contributed by atoms with Crippen molar-refractivity contribution in [2.45, 2.75) is 26.1 Å². The first-order valence-electron chi connectivity index (χ1n) is 12.0. The van der Waals surface area contributed by atoms with Gasteiger partial charge in [0.05, 0.1) is 13.5 Å². The smallest absolute Gasteiger partial charge is 0.390 e. The van der Waals surface area contributed by atoms with E-state index in [1.807, 2.05) is 30.2 Å². The molecule has 2 aromatic carbocycles. The van der Waals surface area contributed by atoms with Gasteiger partial charge in [-0.25, -0.2) is 0 Å². The minimum Gasteiger partial charge on any atom is -0.496 e. The number of carbonyl (C=O) groups excluding carboxylic acids is 1. The topological polar surface area (TPSA) is 84.1 Å². The predicted molar refractivity (Wildman–Crippen MR) is 135 cm³/mol. The number of carbonyl (C=O) groups is 1. The number of alkyl halides is 3. The third kappa shape index (κ3) is 8.46. The van der Waals surface area contributed by atoms with Gasteiger partial charge in [-0.2, -0.15) is 13.2 Å². The maximum Gasteiger partial charge on any atom is 0.390 e. The van der Waals surface area contributed by atoms with E-state index in [0.29, 0.717) is 23.8 Å². The molecule has 3 aromatic rings. The molecule has 1 aromatic heterocycles.